The van der Waals surface area contributed by atoms with Crippen molar-refractivity contribution in [2.75, 3.05) is 20.1 Å². The highest BCUT2D eigenvalue weighted by Gasteiger charge is 2.05. The van der Waals surface area contributed by atoms with Crippen molar-refractivity contribution in [2.24, 2.45) is 5.92 Å². The van der Waals surface area contributed by atoms with Gasteiger partial charge in [-0.15, -0.1) is 0 Å². The molecule has 1 aromatic heterocycles. The Labute approximate surface area is 112 Å². The number of benzene rings is 1. The summed E-state index contributed by atoms with van der Waals surface area (Å²) in [5.41, 5.74) is 2.48. The SMILES string of the molecule is CCC(CNC)CNCc1ccc2[nH]c(=O)oc2c1. The van der Waals surface area contributed by atoms with E-state index in [2.05, 4.69) is 22.5 Å². The lowest BCUT2D eigenvalue weighted by Gasteiger charge is -2.15. The lowest BCUT2D eigenvalue weighted by atomic mass is 10.1. The van der Waals surface area contributed by atoms with Gasteiger partial charge in [0.1, 0.15) is 0 Å². The number of hydrogen-bond donors (Lipinski definition) is 3. The van der Waals surface area contributed by atoms with Gasteiger partial charge in [0.05, 0.1) is 5.52 Å². The summed E-state index contributed by atoms with van der Waals surface area (Å²) in [6.45, 7) is 4.98. The van der Waals surface area contributed by atoms with Crippen LogP contribution < -0.4 is 16.4 Å². The van der Waals surface area contributed by atoms with Crippen LogP contribution >= 0.6 is 0 Å². The molecule has 5 heteroatoms. The Kier molecular flexibility index (Phi) is 4.76. The number of nitrogens with one attached hydrogen (secondary N) is 3. The summed E-state index contributed by atoms with van der Waals surface area (Å²) in [6.07, 6.45) is 1.15. The van der Waals surface area contributed by atoms with Crippen molar-refractivity contribution in [2.45, 2.75) is 19.9 Å². The zero-order chi connectivity index (χ0) is 13.7. The molecule has 1 aromatic carbocycles. The summed E-state index contributed by atoms with van der Waals surface area (Å²) in [5.74, 6) is 0.235. The van der Waals surface area contributed by atoms with Crippen LogP contribution in [0.2, 0.25) is 0 Å². The van der Waals surface area contributed by atoms with Crippen LogP contribution in [0.3, 0.4) is 0 Å². The van der Waals surface area contributed by atoms with Gasteiger partial charge in [0.2, 0.25) is 0 Å². The third-order valence-electron chi connectivity index (χ3n) is 3.32. The Hall–Kier alpha value is -1.59. The maximum Gasteiger partial charge on any atom is 0.417 e. The molecule has 0 fully saturated rings. The quantitative estimate of drug-likeness (QED) is 0.707. The Morgan fingerprint density at radius 2 is 2.21 bits per heavy atom. The lowest BCUT2D eigenvalue weighted by molar-refractivity contribution is 0.445. The second-order valence-corrected chi connectivity index (χ2v) is 4.81. The number of hydrogen-bond acceptors (Lipinski definition) is 4. The van der Waals surface area contributed by atoms with Gasteiger partial charge in [0.25, 0.3) is 0 Å². The molecule has 2 aromatic rings. The standard InChI is InChI=1S/C14H21N3O2/c1-3-10(7-15-2)8-16-9-11-4-5-12-13(6-11)19-14(18)17-12/h4-6,10,15-16H,3,7-9H2,1-2H3,(H,17,18). The van der Waals surface area contributed by atoms with Gasteiger partial charge in [-0.1, -0.05) is 19.4 Å². The van der Waals surface area contributed by atoms with Crippen molar-refractivity contribution >= 4 is 11.1 Å². The first-order chi connectivity index (χ1) is 9.22. The molecule has 0 radical (unpaired) electrons. The van der Waals surface area contributed by atoms with Gasteiger partial charge in [0, 0.05) is 6.54 Å². The summed E-state index contributed by atoms with van der Waals surface area (Å²) in [4.78, 5) is 13.7. The first kappa shape index (κ1) is 13.8. The minimum absolute atomic E-state index is 0.403. The summed E-state index contributed by atoms with van der Waals surface area (Å²) in [6, 6.07) is 5.78. The summed E-state index contributed by atoms with van der Waals surface area (Å²) >= 11 is 0. The van der Waals surface area contributed by atoms with Crippen molar-refractivity contribution < 1.29 is 4.42 Å². The van der Waals surface area contributed by atoms with Gasteiger partial charge in [-0.2, -0.15) is 0 Å². The highest BCUT2D eigenvalue weighted by molar-refractivity contribution is 5.72. The van der Waals surface area contributed by atoms with Gasteiger partial charge in [-0.3, -0.25) is 4.98 Å². The molecule has 0 bridgehead atoms. The monoisotopic (exact) mass is 263 g/mol. The predicted molar refractivity (Wildman–Crippen MR) is 76.2 cm³/mol. The molecule has 1 unspecified atom stereocenters. The van der Waals surface area contributed by atoms with Crippen LogP contribution in [-0.2, 0) is 6.54 Å². The normalized spacial score (nSPS) is 12.9. The molecule has 0 saturated heterocycles. The molecule has 0 saturated carbocycles. The van der Waals surface area contributed by atoms with Crippen molar-refractivity contribution in [3.8, 4) is 0 Å². The first-order valence-corrected chi connectivity index (χ1v) is 6.70. The fraction of sp³-hybridized carbons (Fsp3) is 0.500. The van der Waals surface area contributed by atoms with E-state index in [1.165, 1.54) is 0 Å². The molecule has 0 aliphatic rings. The summed E-state index contributed by atoms with van der Waals surface area (Å²) < 4.78 is 5.05. The minimum Gasteiger partial charge on any atom is -0.408 e. The highest BCUT2D eigenvalue weighted by Crippen LogP contribution is 2.12. The average Bonchev–Trinajstić information content (AvgIpc) is 2.77. The topological polar surface area (TPSA) is 70.1 Å². The third kappa shape index (κ3) is 3.68. The molecule has 3 N–H and O–H groups in total. The number of aromatic amines is 1. The zero-order valence-corrected chi connectivity index (χ0v) is 11.5. The van der Waals surface area contributed by atoms with Crippen LogP contribution in [0.1, 0.15) is 18.9 Å². The van der Waals surface area contributed by atoms with E-state index in [9.17, 15) is 4.79 Å². The molecule has 19 heavy (non-hydrogen) atoms. The van der Waals surface area contributed by atoms with E-state index in [1.54, 1.807) is 0 Å². The number of fused-ring (bicyclic) bond motifs is 1. The van der Waals surface area contributed by atoms with E-state index in [0.717, 1.165) is 37.1 Å². The molecule has 1 heterocycles. The van der Waals surface area contributed by atoms with Gasteiger partial charge >= 0.3 is 5.76 Å². The number of aromatic nitrogens is 1. The molecule has 0 aliphatic heterocycles. The fourth-order valence-corrected chi connectivity index (χ4v) is 2.17. The van der Waals surface area contributed by atoms with Crippen LogP contribution in [0.15, 0.2) is 27.4 Å². The molecule has 104 valence electrons. The van der Waals surface area contributed by atoms with Crippen LogP contribution in [0.5, 0.6) is 0 Å². The second kappa shape index (κ2) is 6.54. The Morgan fingerprint density at radius 1 is 1.37 bits per heavy atom. The van der Waals surface area contributed by atoms with Crippen LogP contribution in [0.25, 0.3) is 11.1 Å². The smallest absolute Gasteiger partial charge is 0.408 e. The number of rotatable bonds is 7. The van der Waals surface area contributed by atoms with Crippen LogP contribution in [-0.4, -0.2) is 25.1 Å². The average molecular weight is 263 g/mol. The van der Waals surface area contributed by atoms with Crippen LogP contribution in [0, 0.1) is 5.92 Å². The van der Waals surface area contributed by atoms with E-state index < -0.39 is 5.76 Å². The van der Waals surface area contributed by atoms with E-state index >= 15 is 0 Å². The lowest BCUT2D eigenvalue weighted by Crippen LogP contribution is -2.29. The predicted octanol–water partition coefficient (Wildman–Crippen LogP) is 1.46. The van der Waals surface area contributed by atoms with Gasteiger partial charge < -0.3 is 15.1 Å². The molecular weight excluding hydrogens is 242 g/mol. The van der Waals surface area contributed by atoms with Crippen molar-refractivity contribution in [3.63, 3.8) is 0 Å². The van der Waals surface area contributed by atoms with E-state index in [1.807, 2.05) is 25.2 Å². The third-order valence-corrected chi connectivity index (χ3v) is 3.32. The molecular formula is C14H21N3O2. The number of oxazole rings is 1. The Balaban J connectivity index is 1.92. The minimum atomic E-state index is -0.403. The fourth-order valence-electron chi connectivity index (χ4n) is 2.17. The van der Waals surface area contributed by atoms with Crippen molar-refractivity contribution in [3.05, 3.63) is 34.3 Å². The maximum absolute atomic E-state index is 11.1. The largest absolute Gasteiger partial charge is 0.417 e. The van der Waals surface area contributed by atoms with Crippen LogP contribution in [0.4, 0.5) is 0 Å². The number of H-pyrrole nitrogens is 1. The molecule has 5 nitrogen and oxygen atoms in total. The molecule has 1 atom stereocenters. The molecule has 0 spiro atoms. The van der Waals surface area contributed by atoms with Crippen molar-refractivity contribution in [1.82, 2.24) is 15.6 Å². The first-order valence-electron chi connectivity index (χ1n) is 6.70. The maximum atomic E-state index is 11.1. The Bertz CT molecular complexity index is 573. The summed E-state index contributed by atoms with van der Waals surface area (Å²) in [7, 11) is 1.98. The van der Waals surface area contributed by atoms with Gasteiger partial charge in [-0.25, -0.2) is 4.79 Å². The van der Waals surface area contributed by atoms with Crippen molar-refractivity contribution in [1.29, 1.82) is 0 Å². The highest BCUT2D eigenvalue weighted by atomic mass is 16.4. The van der Waals surface area contributed by atoms with E-state index in [-0.39, 0.29) is 0 Å². The van der Waals surface area contributed by atoms with E-state index in [0.29, 0.717) is 11.5 Å². The van der Waals surface area contributed by atoms with E-state index in [4.69, 9.17) is 4.42 Å². The Morgan fingerprint density at radius 3 is 2.95 bits per heavy atom. The zero-order valence-electron chi connectivity index (χ0n) is 11.5. The molecule has 0 aliphatic carbocycles. The van der Waals surface area contributed by atoms with Gasteiger partial charge in [-0.05, 0) is 43.8 Å². The second-order valence-electron chi connectivity index (χ2n) is 4.81. The van der Waals surface area contributed by atoms with Gasteiger partial charge in [0.15, 0.2) is 5.58 Å². The molecule has 0 amide bonds. The summed E-state index contributed by atoms with van der Waals surface area (Å²) in [5, 5.41) is 6.64. The molecule has 2 rings (SSSR count).